The SMILES string of the molecule is CC1CCC(N=C2NC(C)(C)CCS2)CC1C. The van der Waals surface area contributed by atoms with Crippen molar-refractivity contribution in [3.63, 3.8) is 0 Å². The van der Waals surface area contributed by atoms with Crippen LogP contribution in [0.4, 0.5) is 0 Å². The molecule has 3 heteroatoms. The number of nitrogens with zero attached hydrogens (tertiary/aromatic N) is 1. The van der Waals surface area contributed by atoms with Crippen LogP contribution < -0.4 is 5.32 Å². The number of thioether (sulfide) groups is 1. The Morgan fingerprint density at radius 3 is 2.65 bits per heavy atom. The van der Waals surface area contributed by atoms with Gasteiger partial charge in [0, 0.05) is 11.3 Å². The van der Waals surface area contributed by atoms with Gasteiger partial charge in [-0.25, -0.2) is 0 Å². The highest BCUT2D eigenvalue weighted by Gasteiger charge is 2.27. The van der Waals surface area contributed by atoms with Crippen LogP contribution in [0.25, 0.3) is 0 Å². The summed E-state index contributed by atoms with van der Waals surface area (Å²) < 4.78 is 0. The first-order chi connectivity index (χ1) is 7.96. The Labute approximate surface area is 110 Å². The third kappa shape index (κ3) is 3.64. The fourth-order valence-electron chi connectivity index (χ4n) is 2.66. The first-order valence-corrected chi connectivity index (χ1v) is 7.93. The third-order valence-corrected chi connectivity index (χ3v) is 5.17. The van der Waals surface area contributed by atoms with Crippen molar-refractivity contribution in [3.05, 3.63) is 0 Å². The molecule has 0 amide bonds. The van der Waals surface area contributed by atoms with Gasteiger partial charge in [0.2, 0.25) is 0 Å². The van der Waals surface area contributed by atoms with Crippen LogP contribution in [0.2, 0.25) is 0 Å². The molecule has 2 nitrogen and oxygen atoms in total. The molecule has 1 saturated carbocycles. The van der Waals surface area contributed by atoms with Gasteiger partial charge in [-0.2, -0.15) is 0 Å². The number of aliphatic imine (C=N–C) groups is 1. The smallest absolute Gasteiger partial charge is 0.157 e. The normalized spacial score (nSPS) is 40.0. The van der Waals surface area contributed by atoms with Gasteiger partial charge in [0.25, 0.3) is 0 Å². The van der Waals surface area contributed by atoms with E-state index in [9.17, 15) is 0 Å². The molecular weight excluding hydrogens is 228 g/mol. The van der Waals surface area contributed by atoms with E-state index in [1.165, 1.54) is 36.6 Å². The zero-order valence-electron chi connectivity index (χ0n) is 11.6. The van der Waals surface area contributed by atoms with E-state index in [-0.39, 0.29) is 5.54 Å². The van der Waals surface area contributed by atoms with Gasteiger partial charge in [-0.15, -0.1) is 0 Å². The molecule has 98 valence electrons. The van der Waals surface area contributed by atoms with Crippen molar-refractivity contribution in [1.82, 2.24) is 5.32 Å². The van der Waals surface area contributed by atoms with Gasteiger partial charge in [-0.3, -0.25) is 4.99 Å². The second-order valence-electron chi connectivity index (χ2n) is 6.46. The zero-order chi connectivity index (χ0) is 12.5. The van der Waals surface area contributed by atoms with Crippen LogP contribution in [0.5, 0.6) is 0 Å². The maximum absolute atomic E-state index is 4.94. The second-order valence-corrected chi connectivity index (χ2v) is 7.55. The van der Waals surface area contributed by atoms with Crippen molar-refractivity contribution in [3.8, 4) is 0 Å². The molecule has 17 heavy (non-hydrogen) atoms. The average molecular weight is 254 g/mol. The Kier molecular flexibility index (Phi) is 4.06. The number of amidine groups is 1. The summed E-state index contributed by atoms with van der Waals surface area (Å²) in [4.78, 5) is 4.94. The maximum atomic E-state index is 4.94. The van der Waals surface area contributed by atoms with Crippen LogP contribution in [0.1, 0.15) is 53.4 Å². The van der Waals surface area contributed by atoms with Crippen molar-refractivity contribution in [2.45, 2.75) is 65.0 Å². The summed E-state index contributed by atoms with van der Waals surface area (Å²) in [5, 5.41) is 4.77. The van der Waals surface area contributed by atoms with Crippen LogP contribution in [0.3, 0.4) is 0 Å². The quantitative estimate of drug-likeness (QED) is 0.772. The van der Waals surface area contributed by atoms with Gasteiger partial charge in [0.05, 0.1) is 6.04 Å². The standard InChI is InChI=1S/C14H26N2S/c1-10-5-6-12(9-11(10)2)15-13-16-14(3,4)7-8-17-13/h10-12H,5-9H2,1-4H3,(H,15,16). The zero-order valence-corrected chi connectivity index (χ0v) is 12.4. The summed E-state index contributed by atoms with van der Waals surface area (Å²) in [6.07, 6.45) is 5.12. The maximum Gasteiger partial charge on any atom is 0.157 e. The summed E-state index contributed by atoms with van der Waals surface area (Å²) in [6.45, 7) is 9.30. The van der Waals surface area contributed by atoms with Crippen molar-refractivity contribution in [2.24, 2.45) is 16.8 Å². The van der Waals surface area contributed by atoms with Gasteiger partial charge in [-0.1, -0.05) is 25.6 Å². The predicted molar refractivity (Wildman–Crippen MR) is 77.7 cm³/mol. The van der Waals surface area contributed by atoms with E-state index in [0.717, 1.165) is 11.8 Å². The predicted octanol–water partition coefficient (Wildman–Crippen LogP) is 3.67. The van der Waals surface area contributed by atoms with Crippen LogP contribution >= 0.6 is 11.8 Å². The molecule has 0 aromatic carbocycles. The van der Waals surface area contributed by atoms with Gasteiger partial charge in [-0.05, 0) is 51.4 Å². The molecule has 1 aliphatic carbocycles. The number of rotatable bonds is 1. The Balaban J connectivity index is 1.95. The Hall–Kier alpha value is -0.180. The van der Waals surface area contributed by atoms with E-state index in [1.807, 2.05) is 11.8 Å². The molecule has 1 N–H and O–H groups in total. The molecule has 0 bridgehead atoms. The lowest BCUT2D eigenvalue weighted by atomic mass is 9.79. The van der Waals surface area contributed by atoms with Crippen molar-refractivity contribution in [2.75, 3.05) is 5.75 Å². The largest absolute Gasteiger partial charge is 0.360 e. The number of hydrogen-bond donors (Lipinski definition) is 1. The molecule has 2 fully saturated rings. The molecule has 1 heterocycles. The lowest BCUT2D eigenvalue weighted by Gasteiger charge is -2.34. The highest BCUT2D eigenvalue weighted by Crippen LogP contribution is 2.32. The summed E-state index contributed by atoms with van der Waals surface area (Å²) in [5.41, 5.74) is 0.234. The van der Waals surface area contributed by atoms with Crippen LogP contribution in [-0.2, 0) is 0 Å². The third-order valence-electron chi connectivity index (χ3n) is 4.28. The minimum absolute atomic E-state index is 0.234. The summed E-state index contributed by atoms with van der Waals surface area (Å²) >= 11 is 1.90. The van der Waals surface area contributed by atoms with E-state index < -0.39 is 0 Å². The first kappa shape index (κ1) is 13.3. The highest BCUT2D eigenvalue weighted by molar-refractivity contribution is 8.13. The molecule has 0 radical (unpaired) electrons. The van der Waals surface area contributed by atoms with E-state index in [0.29, 0.717) is 6.04 Å². The van der Waals surface area contributed by atoms with Crippen molar-refractivity contribution >= 4 is 16.9 Å². The van der Waals surface area contributed by atoms with Crippen molar-refractivity contribution in [1.29, 1.82) is 0 Å². The second kappa shape index (κ2) is 5.21. The fourth-order valence-corrected chi connectivity index (χ4v) is 4.04. The summed E-state index contributed by atoms with van der Waals surface area (Å²) in [6, 6.07) is 0.560. The Morgan fingerprint density at radius 2 is 2.00 bits per heavy atom. The van der Waals surface area contributed by atoms with Gasteiger partial charge < -0.3 is 5.32 Å². The molecule has 2 rings (SSSR count). The molecule has 3 atom stereocenters. The van der Waals surface area contributed by atoms with Crippen molar-refractivity contribution < 1.29 is 0 Å². The molecule has 0 aromatic rings. The van der Waals surface area contributed by atoms with E-state index in [4.69, 9.17) is 4.99 Å². The van der Waals surface area contributed by atoms with Crippen LogP contribution in [-0.4, -0.2) is 22.5 Å². The molecule has 0 spiro atoms. The molecule has 0 aromatic heterocycles. The lowest BCUT2D eigenvalue weighted by Crippen LogP contribution is -2.46. The van der Waals surface area contributed by atoms with Gasteiger partial charge in [0.15, 0.2) is 5.17 Å². The van der Waals surface area contributed by atoms with E-state index >= 15 is 0 Å². The molecule has 2 aliphatic rings. The lowest BCUT2D eigenvalue weighted by molar-refractivity contribution is 0.252. The van der Waals surface area contributed by atoms with Gasteiger partial charge >= 0.3 is 0 Å². The first-order valence-electron chi connectivity index (χ1n) is 6.95. The fraction of sp³-hybridized carbons (Fsp3) is 0.929. The minimum Gasteiger partial charge on any atom is -0.360 e. The number of hydrogen-bond acceptors (Lipinski definition) is 2. The van der Waals surface area contributed by atoms with Crippen LogP contribution in [0.15, 0.2) is 4.99 Å². The highest BCUT2D eigenvalue weighted by atomic mass is 32.2. The Morgan fingerprint density at radius 1 is 1.24 bits per heavy atom. The molecule has 1 aliphatic heterocycles. The van der Waals surface area contributed by atoms with Crippen LogP contribution in [0, 0.1) is 11.8 Å². The summed E-state index contributed by atoms with van der Waals surface area (Å²) in [5.74, 6) is 2.92. The van der Waals surface area contributed by atoms with Gasteiger partial charge in [0.1, 0.15) is 0 Å². The summed E-state index contributed by atoms with van der Waals surface area (Å²) in [7, 11) is 0. The molecular formula is C14H26N2S. The van der Waals surface area contributed by atoms with E-state index in [2.05, 4.69) is 33.0 Å². The van der Waals surface area contributed by atoms with E-state index in [1.54, 1.807) is 0 Å². The monoisotopic (exact) mass is 254 g/mol. The minimum atomic E-state index is 0.234. The Bertz CT molecular complexity index is 299. The number of nitrogens with one attached hydrogen (secondary N) is 1. The molecule has 1 saturated heterocycles. The average Bonchev–Trinajstić information content (AvgIpc) is 2.22. The topological polar surface area (TPSA) is 24.4 Å². The molecule has 3 unspecified atom stereocenters.